The van der Waals surface area contributed by atoms with Gasteiger partial charge in [0.25, 0.3) is 6.71 Å². The topological polar surface area (TPSA) is 17.4 Å². The maximum Gasteiger partial charge on any atom is 0.256 e. The van der Waals surface area contributed by atoms with Crippen LogP contribution in [0.15, 0.2) is 137 Å². The highest BCUT2D eigenvalue weighted by Crippen LogP contribution is 2.53. The van der Waals surface area contributed by atoms with Gasteiger partial charge in [-0.05, 0) is 64.9 Å². The minimum Gasteiger partial charge on any atom is -0.458 e. The van der Waals surface area contributed by atoms with E-state index in [1.54, 1.807) is 0 Å². The van der Waals surface area contributed by atoms with Crippen molar-refractivity contribution in [2.75, 3.05) is 4.90 Å². The molecule has 1 aromatic heterocycles. The summed E-state index contributed by atoms with van der Waals surface area (Å²) < 4.78 is 9.17. The van der Waals surface area contributed by atoms with Gasteiger partial charge in [-0.15, -0.1) is 0 Å². The molecule has 4 heterocycles. The van der Waals surface area contributed by atoms with E-state index in [1.165, 1.54) is 65.0 Å². The van der Waals surface area contributed by atoms with E-state index in [4.69, 9.17) is 4.74 Å². The molecule has 7 aromatic rings. The average molecular weight is 540 g/mol. The number of hydrogen-bond donors (Lipinski definition) is 0. The summed E-state index contributed by atoms with van der Waals surface area (Å²) in [6, 6.07) is 46.1. The first kappa shape index (κ1) is 21.9. The van der Waals surface area contributed by atoms with Gasteiger partial charge in [0.2, 0.25) is 0 Å². The molecule has 3 aliphatic rings. The Labute approximate surface area is 241 Å². The Hall–Kier alpha value is -4.87. The summed E-state index contributed by atoms with van der Waals surface area (Å²) in [6.45, 7) is 0.106. The molecule has 190 valence electrons. The highest BCUT2D eigenvalue weighted by Gasteiger charge is 2.44. The standard InChI is InChI=1S/C36H21BN2OS/c1-4-12-27-23(9-1)24-10-2-5-13-28(24)38(27)22-17-18-26-32(21-22)40-31-19-20-34-36-35(31)37(26)25-11-3-6-14-29(25)39(36)30-15-7-8-16-33(30)41-34/h1-21H. The van der Waals surface area contributed by atoms with Crippen LogP contribution >= 0.6 is 11.8 Å². The monoisotopic (exact) mass is 540 g/mol. The molecule has 0 amide bonds. The lowest BCUT2D eigenvalue weighted by molar-refractivity contribution is 0.487. The fourth-order valence-electron chi connectivity index (χ4n) is 7.19. The summed E-state index contributed by atoms with van der Waals surface area (Å²) in [4.78, 5) is 5.00. The highest BCUT2D eigenvalue weighted by molar-refractivity contribution is 7.99. The molecule has 0 atom stereocenters. The average Bonchev–Trinajstić information content (AvgIpc) is 3.37. The fourth-order valence-corrected chi connectivity index (χ4v) is 8.27. The van der Waals surface area contributed by atoms with Crippen LogP contribution in [0, 0.1) is 0 Å². The maximum absolute atomic E-state index is 6.81. The molecule has 5 heteroatoms. The van der Waals surface area contributed by atoms with E-state index in [0.717, 1.165) is 17.2 Å². The van der Waals surface area contributed by atoms with Crippen LogP contribution in [0.4, 0.5) is 17.1 Å². The Morgan fingerprint density at radius 2 is 1.27 bits per heavy atom. The van der Waals surface area contributed by atoms with Gasteiger partial charge >= 0.3 is 0 Å². The molecule has 0 saturated carbocycles. The van der Waals surface area contributed by atoms with E-state index in [2.05, 4.69) is 137 Å². The molecule has 0 saturated heterocycles. The highest BCUT2D eigenvalue weighted by atomic mass is 32.2. The minimum absolute atomic E-state index is 0.106. The predicted molar refractivity (Wildman–Crippen MR) is 171 cm³/mol. The number of nitrogens with zero attached hydrogens (tertiary/aromatic N) is 2. The van der Waals surface area contributed by atoms with E-state index in [-0.39, 0.29) is 6.71 Å². The molecule has 0 bridgehead atoms. The van der Waals surface area contributed by atoms with Crippen molar-refractivity contribution in [2.45, 2.75) is 9.79 Å². The summed E-state index contributed by atoms with van der Waals surface area (Å²) in [5, 5.41) is 2.52. The zero-order valence-corrected chi connectivity index (χ0v) is 22.7. The van der Waals surface area contributed by atoms with Gasteiger partial charge in [0.1, 0.15) is 11.5 Å². The Balaban J connectivity index is 1.22. The van der Waals surface area contributed by atoms with Crippen LogP contribution in [-0.4, -0.2) is 11.3 Å². The molecule has 41 heavy (non-hydrogen) atoms. The van der Waals surface area contributed by atoms with Gasteiger partial charge in [0.05, 0.1) is 22.4 Å². The second kappa shape index (κ2) is 7.87. The second-order valence-corrected chi connectivity index (χ2v) is 12.0. The maximum atomic E-state index is 6.81. The number of rotatable bonds is 1. The molecule has 0 aliphatic carbocycles. The lowest BCUT2D eigenvalue weighted by atomic mass is 9.34. The van der Waals surface area contributed by atoms with Crippen LogP contribution in [0.1, 0.15) is 0 Å². The largest absolute Gasteiger partial charge is 0.458 e. The summed E-state index contributed by atoms with van der Waals surface area (Å²) in [5.41, 5.74) is 11.0. The molecular weight excluding hydrogens is 519 g/mol. The van der Waals surface area contributed by atoms with Gasteiger partial charge in [-0.2, -0.15) is 0 Å². The SMILES string of the molecule is c1ccc2c(c1)Sc1ccc3c4c1N2c1ccccc1B4c1ccc(-n2c4ccccc4c4ccccc42)cc1O3. The van der Waals surface area contributed by atoms with Crippen LogP contribution in [-0.2, 0) is 0 Å². The molecule has 6 aromatic carbocycles. The minimum atomic E-state index is 0.106. The van der Waals surface area contributed by atoms with Crippen molar-refractivity contribution in [3.05, 3.63) is 127 Å². The predicted octanol–water partition coefficient (Wildman–Crippen LogP) is 7.65. The molecule has 0 spiro atoms. The van der Waals surface area contributed by atoms with Crippen molar-refractivity contribution in [3.8, 4) is 17.2 Å². The number of anilines is 3. The van der Waals surface area contributed by atoms with Crippen LogP contribution in [0.5, 0.6) is 11.5 Å². The molecule has 0 unspecified atom stereocenters. The first-order chi connectivity index (χ1) is 20.3. The van der Waals surface area contributed by atoms with E-state index in [1.807, 2.05) is 11.8 Å². The Morgan fingerprint density at radius 1 is 0.561 bits per heavy atom. The number of ether oxygens (including phenoxy) is 1. The molecule has 0 N–H and O–H groups in total. The molecule has 10 rings (SSSR count). The molecule has 0 radical (unpaired) electrons. The van der Waals surface area contributed by atoms with Crippen LogP contribution in [0.25, 0.3) is 27.5 Å². The van der Waals surface area contributed by atoms with Crippen molar-refractivity contribution in [2.24, 2.45) is 0 Å². The third-order valence-corrected chi connectivity index (χ3v) is 9.95. The molecule has 3 aliphatic heterocycles. The molecule has 0 fully saturated rings. The van der Waals surface area contributed by atoms with Crippen LogP contribution in [0.3, 0.4) is 0 Å². The van der Waals surface area contributed by atoms with Gasteiger partial charge in [0, 0.05) is 38.0 Å². The lowest BCUT2D eigenvalue weighted by Gasteiger charge is -2.43. The first-order valence-electron chi connectivity index (χ1n) is 14.0. The Bertz CT molecular complexity index is 2200. The van der Waals surface area contributed by atoms with Crippen molar-refractivity contribution < 1.29 is 4.74 Å². The normalized spacial score (nSPS) is 13.9. The van der Waals surface area contributed by atoms with Crippen LogP contribution in [0.2, 0.25) is 0 Å². The van der Waals surface area contributed by atoms with Gasteiger partial charge < -0.3 is 14.2 Å². The summed E-state index contributed by atoms with van der Waals surface area (Å²) in [5.74, 6) is 1.87. The number of benzene rings is 6. The van der Waals surface area contributed by atoms with Crippen molar-refractivity contribution in [1.29, 1.82) is 0 Å². The number of fused-ring (bicyclic) bond motifs is 10. The third-order valence-electron chi connectivity index (χ3n) is 8.83. The van der Waals surface area contributed by atoms with E-state index >= 15 is 0 Å². The third kappa shape index (κ3) is 2.81. The van der Waals surface area contributed by atoms with Crippen molar-refractivity contribution in [1.82, 2.24) is 4.57 Å². The van der Waals surface area contributed by atoms with Gasteiger partial charge in [-0.25, -0.2) is 0 Å². The van der Waals surface area contributed by atoms with Crippen LogP contribution < -0.4 is 26.0 Å². The van der Waals surface area contributed by atoms with Crippen molar-refractivity contribution in [3.63, 3.8) is 0 Å². The van der Waals surface area contributed by atoms with Gasteiger partial charge in [0.15, 0.2) is 0 Å². The quantitative estimate of drug-likeness (QED) is 0.199. The van der Waals surface area contributed by atoms with Gasteiger partial charge in [-0.3, -0.25) is 0 Å². The summed E-state index contributed by atoms with van der Waals surface area (Å²) in [6.07, 6.45) is 0. The van der Waals surface area contributed by atoms with Gasteiger partial charge in [-0.1, -0.05) is 84.6 Å². The molecule has 3 nitrogen and oxygen atoms in total. The smallest absolute Gasteiger partial charge is 0.256 e. The van der Waals surface area contributed by atoms with Crippen molar-refractivity contribution >= 4 is 73.7 Å². The fraction of sp³-hybridized carbons (Fsp3) is 0. The van der Waals surface area contributed by atoms with E-state index < -0.39 is 0 Å². The zero-order chi connectivity index (χ0) is 26.7. The Morgan fingerprint density at radius 3 is 2.10 bits per heavy atom. The van der Waals surface area contributed by atoms with E-state index in [9.17, 15) is 0 Å². The number of aromatic nitrogens is 1. The Kier molecular flexibility index (Phi) is 4.20. The molecular formula is C36H21BN2OS. The number of para-hydroxylation sites is 4. The lowest BCUT2D eigenvalue weighted by Crippen LogP contribution is -2.59. The number of hydrogen-bond acceptors (Lipinski definition) is 3. The zero-order valence-electron chi connectivity index (χ0n) is 21.9. The van der Waals surface area contributed by atoms with E-state index in [0.29, 0.717) is 0 Å². The second-order valence-electron chi connectivity index (χ2n) is 10.9. The summed E-state index contributed by atoms with van der Waals surface area (Å²) in [7, 11) is 0. The summed E-state index contributed by atoms with van der Waals surface area (Å²) >= 11 is 1.85. The first-order valence-corrected chi connectivity index (χ1v) is 14.8.